The summed E-state index contributed by atoms with van der Waals surface area (Å²) in [5.41, 5.74) is 7.18. The molecule has 1 aromatic heterocycles. The molecule has 7 heteroatoms. The number of cyclic esters (lactones) is 1. The molecule has 0 radical (unpaired) electrons. The van der Waals surface area contributed by atoms with E-state index in [0.717, 1.165) is 11.1 Å². The van der Waals surface area contributed by atoms with Gasteiger partial charge in [0.2, 0.25) is 0 Å². The van der Waals surface area contributed by atoms with Crippen molar-refractivity contribution >= 4 is 12.0 Å². The van der Waals surface area contributed by atoms with Gasteiger partial charge in [0.05, 0.1) is 17.3 Å². The van der Waals surface area contributed by atoms with E-state index in [-0.39, 0.29) is 0 Å². The molecule has 2 aliphatic rings. The highest BCUT2D eigenvalue weighted by molar-refractivity contribution is 5.84. The number of nitrogens with two attached hydrogens (primary N) is 1. The summed E-state index contributed by atoms with van der Waals surface area (Å²) in [5.74, 6) is -6.01. The van der Waals surface area contributed by atoms with Crippen LogP contribution < -0.4 is 5.73 Å². The van der Waals surface area contributed by atoms with Crippen molar-refractivity contribution in [3.8, 4) is 17.2 Å². The molecule has 0 amide bonds. The number of halogens is 2. The third-order valence-corrected chi connectivity index (χ3v) is 6.59. The molecule has 31 heavy (non-hydrogen) atoms. The van der Waals surface area contributed by atoms with E-state index in [1.165, 1.54) is 6.92 Å². The standard InChI is InChI=1S/C24H23F2N3O2/c1-14-19(21-15(2)31-22(30)23(21,28)13-24(14,25)26)10-9-18-8-7-17(12-29-18)20-6-4-3-5-16(20)11-27/h3-10,12,14-15,19,21H,13,28H2,1-2H3/t14-,15+,19-,21-,23-/m0/s1. The average Bonchev–Trinajstić information content (AvgIpc) is 2.96. The predicted molar refractivity (Wildman–Crippen MR) is 112 cm³/mol. The molecule has 1 aliphatic heterocycles. The summed E-state index contributed by atoms with van der Waals surface area (Å²) in [6, 6.07) is 13.0. The number of ether oxygens (including phenoxy) is 1. The number of allylic oxidation sites excluding steroid dienone is 1. The van der Waals surface area contributed by atoms with E-state index in [4.69, 9.17) is 10.5 Å². The number of nitrogens with zero attached hydrogens (tertiary/aromatic N) is 2. The lowest BCUT2D eigenvalue weighted by Gasteiger charge is -2.45. The van der Waals surface area contributed by atoms with Crippen LogP contribution in [0.15, 0.2) is 48.7 Å². The number of benzene rings is 1. The highest BCUT2D eigenvalue weighted by atomic mass is 19.3. The second-order valence-electron chi connectivity index (χ2n) is 8.47. The highest BCUT2D eigenvalue weighted by Gasteiger charge is 2.66. The van der Waals surface area contributed by atoms with Crippen LogP contribution >= 0.6 is 0 Å². The van der Waals surface area contributed by atoms with Gasteiger partial charge >= 0.3 is 5.97 Å². The van der Waals surface area contributed by atoms with Gasteiger partial charge in [-0.1, -0.05) is 37.3 Å². The molecule has 5 nitrogen and oxygen atoms in total. The fourth-order valence-corrected chi connectivity index (χ4v) is 4.89. The lowest BCUT2D eigenvalue weighted by Crippen LogP contribution is -2.62. The Morgan fingerprint density at radius 2 is 2.00 bits per heavy atom. The molecular weight excluding hydrogens is 400 g/mol. The lowest BCUT2D eigenvalue weighted by atomic mass is 9.61. The molecule has 0 spiro atoms. The monoisotopic (exact) mass is 423 g/mol. The topological polar surface area (TPSA) is 89.0 Å². The second-order valence-corrected chi connectivity index (χ2v) is 8.47. The first-order valence-corrected chi connectivity index (χ1v) is 10.2. The average molecular weight is 423 g/mol. The number of rotatable bonds is 3. The Morgan fingerprint density at radius 1 is 1.26 bits per heavy atom. The smallest absolute Gasteiger partial charge is 0.327 e. The van der Waals surface area contributed by atoms with Crippen LogP contribution in [-0.2, 0) is 9.53 Å². The first kappa shape index (κ1) is 21.1. The van der Waals surface area contributed by atoms with Crippen LogP contribution in [0.1, 0.15) is 31.5 Å². The summed E-state index contributed by atoms with van der Waals surface area (Å²) in [6.45, 7) is 3.19. The van der Waals surface area contributed by atoms with Gasteiger partial charge in [-0.3, -0.25) is 9.78 Å². The first-order valence-electron chi connectivity index (χ1n) is 10.2. The van der Waals surface area contributed by atoms with Crippen LogP contribution in [0.4, 0.5) is 8.78 Å². The number of carbonyl (C=O) groups is 1. The third-order valence-electron chi connectivity index (χ3n) is 6.59. The fourth-order valence-electron chi connectivity index (χ4n) is 4.89. The van der Waals surface area contributed by atoms with Crippen molar-refractivity contribution in [1.29, 1.82) is 5.26 Å². The quantitative estimate of drug-likeness (QED) is 0.748. The Balaban J connectivity index is 1.62. The summed E-state index contributed by atoms with van der Waals surface area (Å²) < 4.78 is 34.7. The molecule has 1 aromatic carbocycles. The molecule has 1 saturated carbocycles. The van der Waals surface area contributed by atoms with Gasteiger partial charge in [0, 0.05) is 35.6 Å². The second kappa shape index (κ2) is 7.54. The van der Waals surface area contributed by atoms with Gasteiger partial charge in [0.1, 0.15) is 11.6 Å². The van der Waals surface area contributed by atoms with Crippen molar-refractivity contribution in [2.24, 2.45) is 23.5 Å². The van der Waals surface area contributed by atoms with Crippen molar-refractivity contribution < 1.29 is 18.3 Å². The number of aromatic nitrogens is 1. The van der Waals surface area contributed by atoms with Crippen molar-refractivity contribution in [3.63, 3.8) is 0 Å². The van der Waals surface area contributed by atoms with E-state index < -0.39 is 47.7 Å². The molecule has 2 heterocycles. The highest BCUT2D eigenvalue weighted by Crippen LogP contribution is 2.53. The van der Waals surface area contributed by atoms with Crippen LogP contribution in [0.2, 0.25) is 0 Å². The summed E-state index contributed by atoms with van der Waals surface area (Å²) in [7, 11) is 0. The van der Waals surface area contributed by atoms with Crippen LogP contribution in [0.25, 0.3) is 17.2 Å². The normalized spacial score (nSPS) is 31.8. The number of nitriles is 1. The molecule has 1 saturated heterocycles. The summed E-state index contributed by atoms with van der Waals surface area (Å²) in [4.78, 5) is 16.6. The zero-order valence-electron chi connectivity index (χ0n) is 17.3. The van der Waals surface area contributed by atoms with E-state index in [2.05, 4.69) is 11.1 Å². The molecule has 160 valence electrons. The Labute approximate surface area is 179 Å². The molecule has 5 atom stereocenters. The summed E-state index contributed by atoms with van der Waals surface area (Å²) >= 11 is 0. The number of hydrogen-bond donors (Lipinski definition) is 1. The van der Waals surface area contributed by atoms with Gasteiger partial charge in [-0.2, -0.15) is 5.26 Å². The van der Waals surface area contributed by atoms with E-state index in [0.29, 0.717) is 11.3 Å². The summed E-state index contributed by atoms with van der Waals surface area (Å²) in [6.07, 6.45) is 3.76. The number of carbonyl (C=O) groups excluding carboxylic acids is 1. The number of esters is 1. The minimum atomic E-state index is -3.08. The van der Waals surface area contributed by atoms with Crippen molar-refractivity contribution in [1.82, 2.24) is 4.98 Å². The Kier molecular flexibility index (Phi) is 5.14. The Bertz CT molecular complexity index is 1080. The van der Waals surface area contributed by atoms with Crippen LogP contribution in [0.5, 0.6) is 0 Å². The third kappa shape index (κ3) is 3.51. The van der Waals surface area contributed by atoms with Gasteiger partial charge < -0.3 is 10.5 Å². The molecule has 0 unspecified atom stereocenters. The van der Waals surface area contributed by atoms with Crippen LogP contribution in [-0.4, -0.2) is 28.5 Å². The number of pyridine rings is 1. The SMILES string of the molecule is C[C@H]1OC(=O)[C@]2(N)CC(F)(F)[C@@H](C)[C@H](C=Cc3ccc(-c4ccccc4C#N)cn3)[C@H]12. The maximum atomic E-state index is 14.7. The zero-order chi connectivity index (χ0) is 22.4. The van der Waals surface area contributed by atoms with Crippen molar-refractivity contribution in [2.75, 3.05) is 0 Å². The van der Waals surface area contributed by atoms with E-state index >= 15 is 0 Å². The molecular formula is C24H23F2N3O2. The first-order chi connectivity index (χ1) is 14.7. The maximum Gasteiger partial charge on any atom is 0.327 e. The van der Waals surface area contributed by atoms with Gasteiger partial charge in [-0.25, -0.2) is 8.78 Å². The number of hydrogen-bond acceptors (Lipinski definition) is 5. The van der Waals surface area contributed by atoms with Gasteiger partial charge in [-0.15, -0.1) is 0 Å². The lowest BCUT2D eigenvalue weighted by molar-refractivity contribution is -0.155. The molecule has 0 bridgehead atoms. The molecule has 2 aromatic rings. The molecule has 4 rings (SSSR count). The number of fused-ring (bicyclic) bond motifs is 1. The largest absolute Gasteiger partial charge is 0.461 e. The van der Waals surface area contributed by atoms with Crippen LogP contribution in [0, 0.1) is 29.1 Å². The van der Waals surface area contributed by atoms with Crippen molar-refractivity contribution in [3.05, 3.63) is 59.9 Å². The predicted octanol–water partition coefficient (Wildman–Crippen LogP) is 4.18. The van der Waals surface area contributed by atoms with Crippen LogP contribution in [0.3, 0.4) is 0 Å². The minimum Gasteiger partial charge on any atom is -0.461 e. The fraction of sp³-hybridized carbons (Fsp3) is 0.375. The van der Waals surface area contributed by atoms with E-state index in [1.807, 2.05) is 18.2 Å². The summed E-state index contributed by atoms with van der Waals surface area (Å²) in [5, 5.41) is 9.28. The molecule has 2 N–H and O–H groups in total. The molecule has 1 aliphatic carbocycles. The molecule has 2 fully saturated rings. The van der Waals surface area contributed by atoms with Gasteiger partial charge in [0.15, 0.2) is 0 Å². The van der Waals surface area contributed by atoms with Gasteiger partial charge in [-0.05, 0) is 31.1 Å². The minimum absolute atomic E-state index is 0.535. The van der Waals surface area contributed by atoms with E-state index in [9.17, 15) is 18.8 Å². The van der Waals surface area contributed by atoms with Gasteiger partial charge in [0.25, 0.3) is 5.92 Å². The van der Waals surface area contributed by atoms with Crippen molar-refractivity contribution in [2.45, 2.75) is 37.8 Å². The van der Waals surface area contributed by atoms with E-state index in [1.54, 1.807) is 43.5 Å². The maximum absolute atomic E-state index is 14.7. The Hall–Kier alpha value is -3.11. The zero-order valence-corrected chi connectivity index (χ0v) is 17.3. The Morgan fingerprint density at radius 3 is 2.68 bits per heavy atom. The number of alkyl halides is 2.